The Kier molecular flexibility index (Phi) is 5.43. The molecule has 0 fully saturated rings. The summed E-state index contributed by atoms with van der Waals surface area (Å²) in [6, 6.07) is 10.5. The lowest BCUT2D eigenvalue weighted by atomic mass is 10.1. The van der Waals surface area contributed by atoms with Gasteiger partial charge in [0, 0.05) is 13.0 Å². The molecule has 0 aliphatic heterocycles. The number of hydrogen-bond donors (Lipinski definition) is 1. The second kappa shape index (κ2) is 7.30. The van der Waals surface area contributed by atoms with Crippen molar-refractivity contribution in [3.05, 3.63) is 47.4 Å². The molecule has 0 bridgehead atoms. The van der Waals surface area contributed by atoms with E-state index in [9.17, 15) is 0 Å². The Hall–Kier alpha value is -1.77. The predicted octanol–water partition coefficient (Wildman–Crippen LogP) is 3.86. The van der Waals surface area contributed by atoms with Gasteiger partial charge in [-0.05, 0) is 30.7 Å². The molecule has 2 rings (SSSR count). The van der Waals surface area contributed by atoms with Crippen molar-refractivity contribution in [2.75, 3.05) is 5.73 Å². The van der Waals surface area contributed by atoms with E-state index in [0.29, 0.717) is 5.92 Å². The lowest BCUT2D eigenvalue weighted by Crippen LogP contribution is -2.11. The number of aryl methyl sites for hydroxylation is 3. The molecule has 0 amide bonds. The molecule has 0 atom stereocenters. The Labute approximate surface area is 128 Å². The van der Waals surface area contributed by atoms with Crippen LogP contribution in [0.5, 0.6) is 0 Å². The number of nitrogens with zero attached hydrogens (tertiary/aromatic N) is 2. The summed E-state index contributed by atoms with van der Waals surface area (Å²) < 4.78 is 2.22. The molecular weight excluding hydrogens is 258 g/mol. The lowest BCUT2D eigenvalue weighted by molar-refractivity contribution is 0.510. The van der Waals surface area contributed by atoms with Crippen molar-refractivity contribution in [3.63, 3.8) is 0 Å². The van der Waals surface area contributed by atoms with Gasteiger partial charge in [-0.25, -0.2) is 4.98 Å². The van der Waals surface area contributed by atoms with Gasteiger partial charge in [0.15, 0.2) is 0 Å². The first-order valence-electron chi connectivity index (χ1n) is 7.99. The highest BCUT2D eigenvalue weighted by atomic mass is 15.1. The fourth-order valence-corrected chi connectivity index (χ4v) is 2.64. The van der Waals surface area contributed by atoms with E-state index in [1.165, 1.54) is 5.56 Å². The summed E-state index contributed by atoms with van der Waals surface area (Å²) >= 11 is 0. The van der Waals surface area contributed by atoms with Gasteiger partial charge in [-0.15, -0.1) is 0 Å². The maximum Gasteiger partial charge on any atom is 0.126 e. The maximum absolute atomic E-state index is 6.35. The normalized spacial score (nSPS) is 11.2. The highest BCUT2D eigenvalue weighted by Crippen LogP contribution is 2.20. The zero-order valence-electron chi connectivity index (χ0n) is 13.5. The van der Waals surface area contributed by atoms with Gasteiger partial charge in [-0.2, -0.15) is 0 Å². The third kappa shape index (κ3) is 4.10. The molecule has 0 saturated carbocycles. The van der Waals surface area contributed by atoms with Crippen molar-refractivity contribution < 1.29 is 0 Å². The minimum atomic E-state index is 0.582. The second-order valence-electron chi connectivity index (χ2n) is 6.10. The Morgan fingerprint density at radius 2 is 1.81 bits per heavy atom. The van der Waals surface area contributed by atoms with Gasteiger partial charge >= 0.3 is 0 Å². The molecule has 0 unspecified atom stereocenters. The van der Waals surface area contributed by atoms with Crippen molar-refractivity contribution >= 4 is 5.82 Å². The van der Waals surface area contributed by atoms with Gasteiger partial charge in [0.1, 0.15) is 11.6 Å². The zero-order chi connectivity index (χ0) is 15.2. The van der Waals surface area contributed by atoms with Crippen LogP contribution in [0.3, 0.4) is 0 Å². The fourth-order valence-electron chi connectivity index (χ4n) is 2.64. The average molecular weight is 285 g/mol. The first kappa shape index (κ1) is 15.6. The van der Waals surface area contributed by atoms with Crippen LogP contribution in [-0.2, 0) is 25.8 Å². The standard InChI is InChI=1S/C18H27N3/c1-4-8-17-20-16(18(19)21(17)13-14(2)3)12-11-15-9-6-5-7-10-15/h5-7,9-10,14H,4,8,11-13,19H2,1-3H3. The number of hydrogen-bond acceptors (Lipinski definition) is 2. The smallest absolute Gasteiger partial charge is 0.126 e. The number of nitrogen functional groups attached to an aromatic ring is 1. The monoisotopic (exact) mass is 285 g/mol. The minimum absolute atomic E-state index is 0.582. The quantitative estimate of drug-likeness (QED) is 0.839. The number of imidazole rings is 1. The van der Waals surface area contributed by atoms with Crippen LogP contribution < -0.4 is 5.73 Å². The molecule has 3 heteroatoms. The van der Waals surface area contributed by atoms with Crippen LogP contribution in [0.1, 0.15) is 44.3 Å². The van der Waals surface area contributed by atoms with E-state index in [1.54, 1.807) is 0 Å². The molecule has 0 spiro atoms. The number of benzene rings is 1. The molecule has 0 aliphatic carbocycles. The Morgan fingerprint density at radius 1 is 1.10 bits per heavy atom. The molecule has 3 nitrogen and oxygen atoms in total. The van der Waals surface area contributed by atoms with Crippen LogP contribution >= 0.6 is 0 Å². The third-order valence-electron chi connectivity index (χ3n) is 3.68. The van der Waals surface area contributed by atoms with Gasteiger partial charge in [0.2, 0.25) is 0 Å². The summed E-state index contributed by atoms with van der Waals surface area (Å²) in [5.74, 6) is 2.59. The van der Waals surface area contributed by atoms with Gasteiger partial charge in [0.25, 0.3) is 0 Å². The lowest BCUT2D eigenvalue weighted by Gasteiger charge is -2.11. The summed E-state index contributed by atoms with van der Waals surface area (Å²) in [6.07, 6.45) is 4.02. The molecule has 1 heterocycles. The average Bonchev–Trinajstić information content (AvgIpc) is 2.75. The van der Waals surface area contributed by atoms with Crippen molar-refractivity contribution in [1.29, 1.82) is 0 Å². The van der Waals surface area contributed by atoms with Crippen LogP contribution in [0.2, 0.25) is 0 Å². The van der Waals surface area contributed by atoms with Crippen LogP contribution in [-0.4, -0.2) is 9.55 Å². The molecule has 0 saturated heterocycles. The summed E-state index contributed by atoms with van der Waals surface area (Å²) in [5.41, 5.74) is 8.75. The SMILES string of the molecule is CCCc1nc(CCc2ccccc2)c(N)n1CC(C)C. The van der Waals surface area contributed by atoms with E-state index in [-0.39, 0.29) is 0 Å². The third-order valence-corrected chi connectivity index (χ3v) is 3.68. The predicted molar refractivity (Wildman–Crippen MR) is 89.3 cm³/mol. The summed E-state index contributed by atoms with van der Waals surface area (Å²) in [7, 11) is 0. The van der Waals surface area contributed by atoms with E-state index < -0.39 is 0 Å². The Morgan fingerprint density at radius 3 is 2.43 bits per heavy atom. The van der Waals surface area contributed by atoms with Gasteiger partial charge in [-0.1, -0.05) is 51.1 Å². The fraction of sp³-hybridized carbons (Fsp3) is 0.500. The summed E-state index contributed by atoms with van der Waals surface area (Å²) in [6.45, 7) is 7.59. The summed E-state index contributed by atoms with van der Waals surface area (Å²) in [4.78, 5) is 4.81. The molecular formula is C18H27N3. The van der Waals surface area contributed by atoms with Crippen LogP contribution in [0.15, 0.2) is 30.3 Å². The van der Waals surface area contributed by atoms with E-state index in [0.717, 1.165) is 49.6 Å². The van der Waals surface area contributed by atoms with Crippen LogP contribution in [0.4, 0.5) is 5.82 Å². The van der Waals surface area contributed by atoms with Crippen LogP contribution in [0.25, 0.3) is 0 Å². The highest BCUT2D eigenvalue weighted by molar-refractivity contribution is 5.39. The highest BCUT2D eigenvalue weighted by Gasteiger charge is 2.14. The molecule has 21 heavy (non-hydrogen) atoms. The number of anilines is 1. The molecule has 0 aliphatic rings. The van der Waals surface area contributed by atoms with Crippen molar-refractivity contribution in [3.8, 4) is 0 Å². The molecule has 2 N–H and O–H groups in total. The first-order valence-corrected chi connectivity index (χ1v) is 7.99. The zero-order valence-corrected chi connectivity index (χ0v) is 13.5. The van der Waals surface area contributed by atoms with Crippen molar-refractivity contribution in [2.24, 2.45) is 5.92 Å². The molecule has 114 valence electrons. The molecule has 1 aromatic carbocycles. The molecule has 2 aromatic rings. The Balaban J connectivity index is 2.15. The number of nitrogens with two attached hydrogens (primary N) is 1. The summed E-state index contributed by atoms with van der Waals surface area (Å²) in [5, 5.41) is 0. The molecule has 1 aromatic heterocycles. The second-order valence-corrected chi connectivity index (χ2v) is 6.10. The minimum Gasteiger partial charge on any atom is -0.384 e. The van der Waals surface area contributed by atoms with Gasteiger partial charge in [-0.3, -0.25) is 0 Å². The van der Waals surface area contributed by atoms with E-state index in [4.69, 9.17) is 10.7 Å². The van der Waals surface area contributed by atoms with Gasteiger partial charge in [0.05, 0.1) is 5.69 Å². The first-order chi connectivity index (χ1) is 10.1. The van der Waals surface area contributed by atoms with Gasteiger partial charge < -0.3 is 10.3 Å². The maximum atomic E-state index is 6.35. The van der Waals surface area contributed by atoms with Crippen molar-refractivity contribution in [2.45, 2.75) is 53.0 Å². The molecule has 0 radical (unpaired) electrons. The van der Waals surface area contributed by atoms with E-state index >= 15 is 0 Å². The van der Waals surface area contributed by atoms with Crippen molar-refractivity contribution in [1.82, 2.24) is 9.55 Å². The van der Waals surface area contributed by atoms with E-state index in [1.807, 2.05) is 0 Å². The van der Waals surface area contributed by atoms with E-state index in [2.05, 4.69) is 55.7 Å². The number of rotatable bonds is 7. The topological polar surface area (TPSA) is 43.8 Å². The van der Waals surface area contributed by atoms with Crippen LogP contribution in [0, 0.1) is 5.92 Å². The number of aromatic nitrogens is 2. The Bertz CT molecular complexity index is 555. The largest absolute Gasteiger partial charge is 0.384 e.